The number of aromatic nitrogens is 4. The second-order valence-electron chi connectivity index (χ2n) is 4.30. The lowest BCUT2D eigenvalue weighted by Gasteiger charge is -2.07. The Balaban J connectivity index is 1.78. The summed E-state index contributed by atoms with van der Waals surface area (Å²) in [6.07, 6.45) is 0. The van der Waals surface area contributed by atoms with Crippen LogP contribution in [0.2, 0.25) is 0 Å². The van der Waals surface area contributed by atoms with Crippen molar-refractivity contribution in [2.45, 2.75) is 18.6 Å². The third-order valence-electron chi connectivity index (χ3n) is 2.80. The molecule has 23 heavy (non-hydrogen) atoms. The van der Waals surface area contributed by atoms with E-state index in [-0.39, 0.29) is 11.7 Å². The molecule has 0 fully saturated rings. The molecular formula is C13H16N6O3S. The molecule has 122 valence electrons. The number of hydrogen-bond donors (Lipinski definition) is 2. The number of methoxy groups -OCH3 is 1. The first-order valence-corrected chi connectivity index (χ1v) is 7.74. The zero-order valence-corrected chi connectivity index (χ0v) is 13.5. The van der Waals surface area contributed by atoms with Gasteiger partial charge in [0.1, 0.15) is 5.75 Å². The number of nitrogens with zero attached hydrogens (tertiary/aromatic N) is 4. The molecule has 0 saturated carbocycles. The number of hydrazine groups is 1. The molecule has 2 amide bonds. The fourth-order valence-corrected chi connectivity index (χ4v) is 2.35. The van der Waals surface area contributed by atoms with Gasteiger partial charge < -0.3 is 4.74 Å². The lowest BCUT2D eigenvalue weighted by atomic mass is 10.2. The van der Waals surface area contributed by atoms with E-state index < -0.39 is 5.91 Å². The Morgan fingerprint density at radius 1 is 1.26 bits per heavy atom. The summed E-state index contributed by atoms with van der Waals surface area (Å²) in [5.74, 6) is -0.0361. The summed E-state index contributed by atoms with van der Waals surface area (Å²) in [6, 6.07) is 6.53. The summed E-state index contributed by atoms with van der Waals surface area (Å²) >= 11 is 1.19. The lowest BCUT2D eigenvalue weighted by Crippen LogP contribution is -2.42. The van der Waals surface area contributed by atoms with E-state index in [4.69, 9.17) is 4.74 Å². The first-order valence-electron chi connectivity index (χ1n) is 6.76. The maximum Gasteiger partial charge on any atom is 0.269 e. The van der Waals surface area contributed by atoms with Crippen LogP contribution >= 0.6 is 11.8 Å². The molecule has 2 rings (SSSR count). The number of nitrogens with one attached hydrogen (secondary N) is 2. The minimum atomic E-state index is -0.413. The number of hydrogen-bond acceptors (Lipinski definition) is 7. The van der Waals surface area contributed by atoms with Crippen LogP contribution in [0.3, 0.4) is 0 Å². The Bertz CT molecular complexity index is 673. The van der Waals surface area contributed by atoms with Crippen LogP contribution in [0.25, 0.3) is 0 Å². The van der Waals surface area contributed by atoms with Gasteiger partial charge in [0.05, 0.1) is 12.9 Å². The summed E-state index contributed by atoms with van der Waals surface area (Å²) in [4.78, 5) is 23.6. The Hall–Kier alpha value is -2.62. The number of tetrazole rings is 1. The number of rotatable bonds is 6. The highest BCUT2D eigenvalue weighted by Gasteiger charge is 2.10. The van der Waals surface area contributed by atoms with E-state index in [9.17, 15) is 9.59 Å². The minimum absolute atomic E-state index is 0.0866. The van der Waals surface area contributed by atoms with Gasteiger partial charge in [0.15, 0.2) is 0 Å². The molecule has 0 bridgehead atoms. The van der Waals surface area contributed by atoms with E-state index in [0.29, 0.717) is 23.0 Å². The number of carbonyl (C=O) groups excluding carboxylic acids is 2. The van der Waals surface area contributed by atoms with Crippen molar-refractivity contribution >= 4 is 23.6 Å². The van der Waals surface area contributed by atoms with Crippen molar-refractivity contribution in [1.29, 1.82) is 0 Å². The van der Waals surface area contributed by atoms with Crippen LogP contribution in [0.4, 0.5) is 0 Å². The van der Waals surface area contributed by atoms with Gasteiger partial charge >= 0.3 is 0 Å². The molecule has 0 radical (unpaired) electrons. The summed E-state index contributed by atoms with van der Waals surface area (Å²) in [5.41, 5.74) is 5.10. The smallest absolute Gasteiger partial charge is 0.269 e. The van der Waals surface area contributed by atoms with Crippen molar-refractivity contribution in [2.75, 3.05) is 12.9 Å². The molecule has 0 spiro atoms. The monoisotopic (exact) mass is 336 g/mol. The van der Waals surface area contributed by atoms with Crippen LogP contribution in [0.1, 0.15) is 17.3 Å². The summed E-state index contributed by atoms with van der Waals surface area (Å²) in [7, 11) is 1.54. The normalized spacial score (nSPS) is 10.2. The summed E-state index contributed by atoms with van der Waals surface area (Å²) in [6.45, 7) is 2.51. The van der Waals surface area contributed by atoms with Gasteiger partial charge in [-0.2, -0.15) is 0 Å². The van der Waals surface area contributed by atoms with Crippen molar-refractivity contribution in [3.05, 3.63) is 29.8 Å². The third-order valence-corrected chi connectivity index (χ3v) is 3.76. The number of thioether (sulfide) groups is 1. The van der Waals surface area contributed by atoms with Gasteiger partial charge in [-0.1, -0.05) is 11.8 Å². The molecular weight excluding hydrogens is 320 g/mol. The SMILES string of the molecule is CCn1nnnc1SCC(=O)NNC(=O)c1ccc(OC)cc1. The van der Waals surface area contributed by atoms with Crippen LogP contribution in [0, 0.1) is 0 Å². The standard InChI is InChI=1S/C13H16N6O3S/c1-3-19-13(16-17-18-19)23-8-11(20)14-15-12(21)9-4-6-10(22-2)7-5-9/h4-7H,3,8H2,1-2H3,(H,14,20)(H,15,21). The quantitative estimate of drug-likeness (QED) is 0.575. The molecule has 0 atom stereocenters. The average molecular weight is 336 g/mol. The van der Waals surface area contributed by atoms with E-state index in [1.165, 1.54) is 11.8 Å². The fraction of sp³-hybridized carbons (Fsp3) is 0.308. The van der Waals surface area contributed by atoms with Gasteiger partial charge in [-0.05, 0) is 41.6 Å². The van der Waals surface area contributed by atoms with Crippen molar-refractivity contribution < 1.29 is 14.3 Å². The van der Waals surface area contributed by atoms with Crippen molar-refractivity contribution in [1.82, 2.24) is 31.1 Å². The molecule has 0 aliphatic heterocycles. The number of benzene rings is 1. The number of carbonyl (C=O) groups is 2. The van der Waals surface area contributed by atoms with Gasteiger partial charge in [-0.25, -0.2) is 4.68 Å². The summed E-state index contributed by atoms with van der Waals surface area (Å²) < 4.78 is 6.59. The number of ether oxygens (including phenoxy) is 1. The maximum atomic E-state index is 11.9. The third kappa shape index (κ3) is 4.68. The molecule has 0 aliphatic rings. The van der Waals surface area contributed by atoms with E-state index in [2.05, 4.69) is 26.4 Å². The molecule has 0 aliphatic carbocycles. The first kappa shape index (κ1) is 16.7. The van der Waals surface area contributed by atoms with E-state index >= 15 is 0 Å². The van der Waals surface area contributed by atoms with Gasteiger partial charge in [0.25, 0.3) is 5.91 Å². The van der Waals surface area contributed by atoms with Crippen LogP contribution < -0.4 is 15.6 Å². The Morgan fingerprint density at radius 2 is 2.00 bits per heavy atom. The average Bonchev–Trinajstić information content (AvgIpc) is 3.05. The highest BCUT2D eigenvalue weighted by atomic mass is 32.2. The molecule has 2 N–H and O–H groups in total. The Morgan fingerprint density at radius 3 is 2.65 bits per heavy atom. The van der Waals surface area contributed by atoms with E-state index in [1.807, 2.05) is 6.92 Å². The van der Waals surface area contributed by atoms with Gasteiger partial charge in [-0.3, -0.25) is 20.4 Å². The zero-order chi connectivity index (χ0) is 16.7. The number of amides is 2. The molecule has 0 unspecified atom stereocenters. The van der Waals surface area contributed by atoms with Crippen molar-refractivity contribution in [3.63, 3.8) is 0 Å². The highest BCUT2D eigenvalue weighted by molar-refractivity contribution is 7.99. The predicted octanol–water partition coefficient (Wildman–Crippen LogP) is 0.255. The van der Waals surface area contributed by atoms with Gasteiger partial charge in [-0.15, -0.1) is 5.10 Å². The Labute approximate surface area is 136 Å². The fourth-order valence-electron chi connectivity index (χ4n) is 1.61. The van der Waals surface area contributed by atoms with E-state index in [0.717, 1.165) is 0 Å². The second kappa shape index (κ2) is 8.13. The molecule has 1 aromatic heterocycles. The molecule has 1 heterocycles. The molecule has 2 aromatic rings. The Kier molecular flexibility index (Phi) is 5.92. The van der Waals surface area contributed by atoms with Crippen LogP contribution in [0.15, 0.2) is 29.4 Å². The van der Waals surface area contributed by atoms with Gasteiger partial charge in [0.2, 0.25) is 11.1 Å². The number of aryl methyl sites for hydroxylation is 1. The predicted molar refractivity (Wildman–Crippen MR) is 82.8 cm³/mol. The first-order chi connectivity index (χ1) is 11.1. The van der Waals surface area contributed by atoms with Gasteiger partial charge in [0, 0.05) is 12.1 Å². The molecule has 1 aromatic carbocycles. The molecule has 10 heteroatoms. The highest BCUT2D eigenvalue weighted by Crippen LogP contribution is 2.13. The summed E-state index contributed by atoms with van der Waals surface area (Å²) in [5, 5.41) is 11.6. The topological polar surface area (TPSA) is 111 Å². The largest absolute Gasteiger partial charge is 0.497 e. The lowest BCUT2D eigenvalue weighted by molar-refractivity contribution is -0.119. The van der Waals surface area contributed by atoms with Crippen molar-refractivity contribution in [3.8, 4) is 5.75 Å². The van der Waals surface area contributed by atoms with Crippen LogP contribution in [-0.2, 0) is 11.3 Å². The molecule has 9 nitrogen and oxygen atoms in total. The zero-order valence-electron chi connectivity index (χ0n) is 12.6. The maximum absolute atomic E-state index is 11.9. The van der Waals surface area contributed by atoms with Crippen LogP contribution in [0.5, 0.6) is 5.75 Å². The van der Waals surface area contributed by atoms with E-state index in [1.54, 1.807) is 36.1 Å². The minimum Gasteiger partial charge on any atom is -0.497 e. The van der Waals surface area contributed by atoms with Crippen molar-refractivity contribution in [2.24, 2.45) is 0 Å². The van der Waals surface area contributed by atoms with Crippen LogP contribution in [-0.4, -0.2) is 44.9 Å². The second-order valence-corrected chi connectivity index (χ2v) is 5.24. The molecule has 0 saturated heterocycles.